The van der Waals surface area contributed by atoms with Gasteiger partial charge in [0.05, 0.1) is 22.7 Å². The normalized spacial score (nSPS) is 17.6. The minimum atomic E-state index is -3.62. The van der Waals surface area contributed by atoms with E-state index in [1.165, 1.54) is 23.3 Å². The molecule has 1 aliphatic heterocycles. The Balaban J connectivity index is 1.69. The maximum absolute atomic E-state index is 13.3. The van der Waals surface area contributed by atoms with Crippen molar-refractivity contribution >= 4 is 21.2 Å². The Morgan fingerprint density at radius 1 is 1.13 bits per heavy atom. The van der Waals surface area contributed by atoms with Gasteiger partial charge in [0.2, 0.25) is 9.84 Å². The number of likely N-dealkylation sites (tertiary alicyclic amines) is 1. The van der Waals surface area contributed by atoms with E-state index in [4.69, 9.17) is 4.74 Å². The molecule has 0 unspecified atom stereocenters. The highest BCUT2D eigenvalue weighted by atomic mass is 32.2. The molecule has 1 aliphatic rings. The van der Waals surface area contributed by atoms with E-state index in [1.807, 2.05) is 13.0 Å². The first-order chi connectivity index (χ1) is 14.9. The summed E-state index contributed by atoms with van der Waals surface area (Å²) in [6.45, 7) is 5.20. The molecule has 0 spiro atoms. The number of methoxy groups -OCH3 is 1. The molecule has 3 aromatic rings. The summed E-state index contributed by atoms with van der Waals surface area (Å²) in [6.07, 6.45) is 3.44. The Morgan fingerprint density at radius 2 is 1.90 bits per heavy atom. The zero-order chi connectivity index (χ0) is 22.0. The summed E-state index contributed by atoms with van der Waals surface area (Å²) < 4.78 is 32.5. The minimum absolute atomic E-state index is 0.295. The number of sulfone groups is 1. The number of hydrogen-bond acceptors (Lipinski definition) is 6. The van der Waals surface area contributed by atoms with Crippen LogP contribution in [0.15, 0.2) is 57.6 Å². The van der Waals surface area contributed by atoms with Crippen LogP contribution < -0.4 is 4.74 Å². The molecule has 0 amide bonds. The Labute approximate surface area is 188 Å². The summed E-state index contributed by atoms with van der Waals surface area (Å²) in [7, 11) is -1.99. The molecule has 5 nitrogen and oxygen atoms in total. The van der Waals surface area contributed by atoms with E-state index in [2.05, 4.69) is 34.1 Å². The number of piperidine rings is 1. The zero-order valence-electron chi connectivity index (χ0n) is 18.2. The highest BCUT2D eigenvalue weighted by Crippen LogP contribution is 2.36. The summed E-state index contributed by atoms with van der Waals surface area (Å²) in [4.78, 5) is 7.04. The molecule has 1 saturated heterocycles. The molecule has 4 rings (SSSR count). The van der Waals surface area contributed by atoms with E-state index in [0.717, 1.165) is 30.0 Å². The van der Waals surface area contributed by atoms with Crippen molar-refractivity contribution in [3.8, 4) is 5.75 Å². The Bertz CT molecular complexity index is 1160. The molecule has 2 aromatic carbocycles. The molecule has 0 saturated carbocycles. The Morgan fingerprint density at radius 3 is 2.58 bits per heavy atom. The zero-order valence-corrected chi connectivity index (χ0v) is 19.8. The monoisotopic (exact) mass is 456 g/mol. The fraction of sp³-hybridized carbons (Fsp3) is 0.375. The van der Waals surface area contributed by atoms with Gasteiger partial charge in [0.15, 0.2) is 0 Å². The third-order valence-corrected chi connectivity index (χ3v) is 9.27. The maximum atomic E-state index is 13.3. The number of thiazole rings is 1. The highest BCUT2D eigenvalue weighted by Gasteiger charge is 2.27. The van der Waals surface area contributed by atoms with Crippen LogP contribution >= 0.6 is 11.3 Å². The van der Waals surface area contributed by atoms with Crippen molar-refractivity contribution < 1.29 is 13.2 Å². The average Bonchev–Trinajstić information content (AvgIpc) is 3.13. The molecule has 2 heterocycles. The van der Waals surface area contributed by atoms with Crippen LogP contribution in [0.4, 0.5) is 0 Å². The molecule has 1 atom stereocenters. The van der Waals surface area contributed by atoms with Gasteiger partial charge in [-0.2, -0.15) is 0 Å². The van der Waals surface area contributed by atoms with Gasteiger partial charge in [-0.1, -0.05) is 36.8 Å². The lowest BCUT2D eigenvalue weighted by molar-refractivity contribution is 0.139. The SMILES string of the molecule is COc1ccc(S(=O)(=O)c2sc(C)nc2C)cc1CN1CCCC[C@H]1c1ccccc1. The molecule has 0 radical (unpaired) electrons. The third kappa shape index (κ3) is 4.54. The second kappa shape index (κ2) is 9.10. The van der Waals surface area contributed by atoms with Gasteiger partial charge in [0.25, 0.3) is 0 Å². The number of ether oxygens (including phenoxy) is 1. The highest BCUT2D eigenvalue weighted by molar-refractivity contribution is 7.93. The lowest BCUT2D eigenvalue weighted by atomic mass is 9.94. The van der Waals surface area contributed by atoms with Crippen LogP contribution in [-0.2, 0) is 16.4 Å². The van der Waals surface area contributed by atoms with Gasteiger partial charge < -0.3 is 4.74 Å². The molecule has 1 fully saturated rings. The van der Waals surface area contributed by atoms with E-state index < -0.39 is 9.84 Å². The van der Waals surface area contributed by atoms with Crippen LogP contribution in [0.25, 0.3) is 0 Å². The first-order valence-electron chi connectivity index (χ1n) is 10.5. The van der Waals surface area contributed by atoms with Crippen molar-refractivity contribution in [2.45, 2.75) is 54.8 Å². The fourth-order valence-electron chi connectivity index (χ4n) is 4.37. The second-order valence-corrected chi connectivity index (χ2v) is 11.3. The summed E-state index contributed by atoms with van der Waals surface area (Å²) in [5.41, 5.74) is 2.76. The van der Waals surface area contributed by atoms with Crippen molar-refractivity contribution in [1.29, 1.82) is 0 Å². The number of nitrogens with zero attached hydrogens (tertiary/aromatic N) is 2. The topological polar surface area (TPSA) is 59.5 Å². The van der Waals surface area contributed by atoms with Crippen molar-refractivity contribution in [2.24, 2.45) is 0 Å². The third-order valence-electron chi connectivity index (χ3n) is 5.84. The molecule has 164 valence electrons. The summed E-state index contributed by atoms with van der Waals surface area (Å²) in [6, 6.07) is 16.1. The Hall–Kier alpha value is -2.22. The van der Waals surface area contributed by atoms with Gasteiger partial charge >= 0.3 is 0 Å². The molecular formula is C24H28N2O3S2. The number of hydrogen-bond donors (Lipinski definition) is 0. The van der Waals surface area contributed by atoms with E-state index >= 15 is 0 Å². The predicted molar refractivity (Wildman–Crippen MR) is 123 cm³/mol. The molecule has 31 heavy (non-hydrogen) atoms. The van der Waals surface area contributed by atoms with Gasteiger partial charge in [-0.25, -0.2) is 13.4 Å². The Kier molecular flexibility index (Phi) is 6.46. The molecule has 7 heteroatoms. The van der Waals surface area contributed by atoms with E-state index in [9.17, 15) is 8.42 Å². The predicted octanol–water partition coefficient (Wildman–Crippen LogP) is 5.33. The van der Waals surface area contributed by atoms with Crippen LogP contribution in [0.2, 0.25) is 0 Å². The van der Waals surface area contributed by atoms with Gasteiger partial charge in [0, 0.05) is 18.2 Å². The standard InChI is InChI=1S/C24H28N2O3S2/c1-17-24(30-18(2)25-17)31(27,28)21-12-13-23(29-3)20(15-21)16-26-14-8-7-11-22(26)19-9-5-4-6-10-19/h4-6,9-10,12-13,15,22H,7-8,11,14,16H2,1-3H3/t22-/m0/s1. The van der Waals surface area contributed by atoms with Crippen molar-refractivity contribution in [3.05, 3.63) is 70.4 Å². The summed E-state index contributed by atoms with van der Waals surface area (Å²) >= 11 is 1.22. The van der Waals surface area contributed by atoms with Gasteiger partial charge in [0.1, 0.15) is 9.96 Å². The molecule has 0 N–H and O–H groups in total. The summed E-state index contributed by atoms with van der Waals surface area (Å²) in [5.74, 6) is 0.716. The van der Waals surface area contributed by atoms with E-state index in [0.29, 0.717) is 33.1 Å². The van der Waals surface area contributed by atoms with Crippen molar-refractivity contribution in [2.75, 3.05) is 13.7 Å². The number of benzene rings is 2. The number of rotatable bonds is 6. The van der Waals surface area contributed by atoms with Crippen LogP contribution in [0.3, 0.4) is 0 Å². The molecule has 0 aliphatic carbocycles. The fourth-order valence-corrected chi connectivity index (χ4v) is 7.29. The van der Waals surface area contributed by atoms with Crippen LogP contribution in [0.1, 0.15) is 47.1 Å². The first-order valence-corrected chi connectivity index (χ1v) is 12.8. The lowest BCUT2D eigenvalue weighted by Gasteiger charge is -2.36. The average molecular weight is 457 g/mol. The van der Waals surface area contributed by atoms with Gasteiger partial charge in [-0.05, 0) is 57.0 Å². The van der Waals surface area contributed by atoms with E-state index in [1.54, 1.807) is 32.2 Å². The first kappa shape index (κ1) is 22.0. The maximum Gasteiger partial charge on any atom is 0.217 e. The van der Waals surface area contributed by atoms with Crippen LogP contribution in [0.5, 0.6) is 5.75 Å². The lowest BCUT2D eigenvalue weighted by Crippen LogP contribution is -2.33. The van der Waals surface area contributed by atoms with E-state index in [-0.39, 0.29) is 0 Å². The minimum Gasteiger partial charge on any atom is -0.496 e. The van der Waals surface area contributed by atoms with Crippen molar-refractivity contribution in [3.63, 3.8) is 0 Å². The number of aromatic nitrogens is 1. The van der Waals surface area contributed by atoms with Gasteiger partial charge in [-0.3, -0.25) is 4.90 Å². The second-order valence-electron chi connectivity index (χ2n) is 7.98. The number of aryl methyl sites for hydroxylation is 2. The van der Waals surface area contributed by atoms with Crippen LogP contribution in [0, 0.1) is 13.8 Å². The smallest absolute Gasteiger partial charge is 0.217 e. The molecular weight excluding hydrogens is 428 g/mol. The molecule has 0 bridgehead atoms. The van der Waals surface area contributed by atoms with Crippen molar-refractivity contribution in [1.82, 2.24) is 9.88 Å². The quantitative estimate of drug-likeness (QED) is 0.502. The van der Waals surface area contributed by atoms with Crippen LogP contribution in [-0.4, -0.2) is 32.0 Å². The summed E-state index contributed by atoms with van der Waals surface area (Å²) in [5, 5.41) is 0.754. The molecule has 1 aromatic heterocycles. The largest absolute Gasteiger partial charge is 0.496 e. The van der Waals surface area contributed by atoms with Gasteiger partial charge in [-0.15, -0.1) is 11.3 Å².